The third-order valence-electron chi connectivity index (χ3n) is 4.88. The molecule has 0 bridgehead atoms. The summed E-state index contributed by atoms with van der Waals surface area (Å²) in [6, 6.07) is 9.17. The monoisotopic (exact) mass is 432 g/mol. The second-order valence-electron chi connectivity index (χ2n) is 7.34. The van der Waals surface area contributed by atoms with E-state index < -0.39 is 11.6 Å². The van der Waals surface area contributed by atoms with Crippen molar-refractivity contribution in [2.24, 2.45) is 12.0 Å². The Balaban J connectivity index is 1.83. The highest BCUT2D eigenvalue weighted by Crippen LogP contribution is 2.31. The molecule has 0 aliphatic heterocycles. The standard InChI is InChI=1S/C24H22F2N6/c1-4-10-27-16(2)14-32(24-19(25)6-5-7-20(24)26)23-9-8-21-22(30-23)11-17(12-28-21)18-13-29-31(3)15-18/h4-13,15H,14H2,1-3H3/b10-4-,27-16+. The predicted octanol–water partition coefficient (Wildman–Crippen LogP) is 5.44. The molecule has 4 aromatic rings. The second kappa shape index (κ2) is 9.05. The quantitative estimate of drug-likeness (QED) is 0.381. The molecular weight excluding hydrogens is 410 g/mol. The molecule has 0 radical (unpaired) electrons. The van der Waals surface area contributed by atoms with Crippen LogP contribution in [0.4, 0.5) is 20.3 Å². The van der Waals surface area contributed by atoms with E-state index >= 15 is 0 Å². The molecule has 4 rings (SSSR count). The van der Waals surface area contributed by atoms with E-state index in [4.69, 9.17) is 4.98 Å². The Morgan fingerprint density at radius 3 is 2.56 bits per heavy atom. The zero-order valence-electron chi connectivity index (χ0n) is 18.0. The van der Waals surface area contributed by atoms with Crippen LogP contribution in [0.25, 0.3) is 22.2 Å². The summed E-state index contributed by atoms with van der Waals surface area (Å²) in [5.41, 5.74) is 3.54. The molecule has 0 saturated heterocycles. The number of hydrogen-bond donors (Lipinski definition) is 0. The third-order valence-corrected chi connectivity index (χ3v) is 4.88. The van der Waals surface area contributed by atoms with Crippen molar-refractivity contribution < 1.29 is 8.78 Å². The lowest BCUT2D eigenvalue weighted by atomic mass is 10.1. The van der Waals surface area contributed by atoms with Gasteiger partial charge in [-0.05, 0) is 44.2 Å². The number of hydrogen-bond acceptors (Lipinski definition) is 5. The average Bonchev–Trinajstić information content (AvgIpc) is 3.22. The number of aliphatic imine (C=N–C) groups is 1. The first-order valence-corrected chi connectivity index (χ1v) is 10.1. The summed E-state index contributed by atoms with van der Waals surface area (Å²) in [4.78, 5) is 15.0. The van der Waals surface area contributed by atoms with Crippen molar-refractivity contribution in [3.63, 3.8) is 0 Å². The van der Waals surface area contributed by atoms with Crippen LogP contribution >= 0.6 is 0 Å². The molecule has 0 atom stereocenters. The van der Waals surface area contributed by atoms with Gasteiger partial charge in [0.2, 0.25) is 0 Å². The maximum Gasteiger partial charge on any atom is 0.149 e. The molecule has 0 spiro atoms. The molecule has 32 heavy (non-hydrogen) atoms. The van der Waals surface area contributed by atoms with Gasteiger partial charge >= 0.3 is 0 Å². The molecule has 6 nitrogen and oxygen atoms in total. The van der Waals surface area contributed by atoms with Crippen molar-refractivity contribution in [1.82, 2.24) is 19.7 Å². The Morgan fingerprint density at radius 1 is 1.09 bits per heavy atom. The number of pyridine rings is 2. The first-order chi connectivity index (χ1) is 15.5. The molecule has 0 N–H and O–H groups in total. The molecule has 0 unspecified atom stereocenters. The maximum absolute atomic E-state index is 14.7. The summed E-state index contributed by atoms with van der Waals surface area (Å²) in [6.07, 6.45) is 8.81. The lowest BCUT2D eigenvalue weighted by Gasteiger charge is -2.25. The molecule has 1 aromatic carbocycles. The topological polar surface area (TPSA) is 59.2 Å². The van der Waals surface area contributed by atoms with Gasteiger partial charge in [0.25, 0.3) is 0 Å². The van der Waals surface area contributed by atoms with Crippen molar-refractivity contribution in [2.75, 3.05) is 11.4 Å². The van der Waals surface area contributed by atoms with Gasteiger partial charge in [0, 0.05) is 42.5 Å². The highest BCUT2D eigenvalue weighted by Gasteiger charge is 2.20. The number of fused-ring (bicyclic) bond motifs is 1. The lowest BCUT2D eigenvalue weighted by Crippen LogP contribution is -2.26. The van der Waals surface area contributed by atoms with Gasteiger partial charge in [-0.15, -0.1) is 0 Å². The zero-order chi connectivity index (χ0) is 22.7. The first-order valence-electron chi connectivity index (χ1n) is 10.1. The second-order valence-corrected chi connectivity index (χ2v) is 7.34. The van der Waals surface area contributed by atoms with Crippen LogP contribution in [0, 0.1) is 11.6 Å². The van der Waals surface area contributed by atoms with Crippen molar-refractivity contribution in [1.29, 1.82) is 0 Å². The number of rotatable bonds is 6. The molecule has 3 heterocycles. The van der Waals surface area contributed by atoms with E-state index in [0.717, 1.165) is 11.1 Å². The fourth-order valence-electron chi connectivity index (χ4n) is 3.37. The van der Waals surface area contributed by atoms with Crippen LogP contribution in [-0.2, 0) is 7.05 Å². The minimum absolute atomic E-state index is 0.163. The Labute approximate surface area is 184 Å². The van der Waals surface area contributed by atoms with Crippen molar-refractivity contribution in [3.8, 4) is 11.1 Å². The van der Waals surface area contributed by atoms with Crippen LogP contribution in [-0.4, -0.2) is 32.0 Å². The fourth-order valence-corrected chi connectivity index (χ4v) is 3.37. The molecule has 3 aromatic heterocycles. The molecule has 162 valence electrons. The minimum atomic E-state index is -0.673. The van der Waals surface area contributed by atoms with Gasteiger partial charge in [-0.1, -0.05) is 12.1 Å². The van der Waals surface area contributed by atoms with Gasteiger partial charge < -0.3 is 4.90 Å². The number of nitrogens with zero attached hydrogens (tertiary/aromatic N) is 6. The zero-order valence-corrected chi connectivity index (χ0v) is 18.0. The van der Waals surface area contributed by atoms with Crippen LogP contribution in [0.3, 0.4) is 0 Å². The Kier molecular flexibility index (Phi) is 6.02. The van der Waals surface area contributed by atoms with Gasteiger partial charge in [-0.2, -0.15) is 5.10 Å². The Hall–Kier alpha value is -3.94. The normalized spacial score (nSPS) is 12.1. The van der Waals surface area contributed by atoms with Crippen LogP contribution in [0.5, 0.6) is 0 Å². The van der Waals surface area contributed by atoms with Gasteiger partial charge in [-0.25, -0.2) is 13.8 Å². The Bertz CT molecular complexity index is 1310. The van der Waals surface area contributed by atoms with E-state index in [-0.39, 0.29) is 12.2 Å². The minimum Gasteiger partial charge on any atom is -0.316 e. The highest BCUT2D eigenvalue weighted by molar-refractivity contribution is 5.90. The van der Waals surface area contributed by atoms with Gasteiger partial charge in [0.15, 0.2) is 0 Å². The SMILES string of the molecule is C/C=C\N=C(/C)CN(c1ccc2ncc(-c3cnn(C)c3)cc2n1)c1c(F)cccc1F. The number of para-hydroxylation sites is 1. The van der Waals surface area contributed by atoms with E-state index in [1.54, 1.807) is 48.4 Å². The molecule has 0 fully saturated rings. The summed E-state index contributed by atoms with van der Waals surface area (Å²) in [5, 5.41) is 4.19. The molecule has 0 aliphatic rings. The highest BCUT2D eigenvalue weighted by atomic mass is 19.1. The number of anilines is 2. The van der Waals surface area contributed by atoms with E-state index in [1.165, 1.54) is 23.1 Å². The number of aryl methyl sites for hydroxylation is 1. The molecule has 0 aliphatic carbocycles. The van der Waals surface area contributed by atoms with Crippen LogP contribution in [0.2, 0.25) is 0 Å². The van der Waals surface area contributed by atoms with Gasteiger partial charge in [-0.3, -0.25) is 14.7 Å². The number of halogens is 2. The van der Waals surface area contributed by atoms with Gasteiger partial charge in [0.05, 0.1) is 23.8 Å². The number of benzene rings is 1. The van der Waals surface area contributed by atoms with Gasteiger partial charge in [0.1, 0.15) is 23.1 Å². The largest absolute Gasteiger partial charge is 0.316 e. The molecular formula is C24H22F2N6. The first kappa shape index (κ1) is 21.3. The van der Waals surface area contributed by atoms with E-state index in [0.29, 0.717) is 22.6 Å². The lowest BCUT2D eigenvalue weighted by molar-refractivity contribution is 0.582. The van der Waals surface area contributed by atoms with Crippen molar-refractivity contribution >= 4 is 28.3 Å². The number of allylic oxidation sites excluding steroid dienone is 1. The summed E-state index contributed by atoms with van der Waals surface area (Å²) in [6.45, 7) is 3.81. The summed E-state index contributed by atoms with van der Waals surface area (Å²) in [5.74, 6) is -0.956. The fraction of sp³-hybridized carbons (Fsp3) is 0.167. The van der Waals surface area contributed by atoms with Crippen LogP contribution in [0.15, 0.2) is 72.3 Å². The van der Waals surface area contributed by atoms with Crippen LogP contribution < -0.4 is 4.90 Å². The summed E-state index contributed by atoms with van der Waals surface area (Å²) < 4.78 is 31.1. The van der Waals surface area contributed by atoms with Crippen LogP contribution in [0.1, 0.15) is 13.8 Å². The smallest absolute Gasteiger partial charge is 0.149 e. The summed E-state index contributed by atoms with van der Waals surface area (Å²) >= 11 is 0. The molecule has 8 heteroatoms. The van der Waals surface area contributed by atoms with E-state index in [9.17, 15) is 8.78 Å². The van der Waals surface area contributed by atoms with Crippen molar-refractivity contribution in [2.45, 2.75) is 13.8 Å². The number of aromatic nitrogens is 4. The van der Waals surface area contributed by atoms with E-state index in [2.05, 4.69) is 15.1 Å². The molecule has 0 amide bonds. The van der Waals surface area contributed by atoms with E-state index in [1.807, 2.05) is 26.2 Å². The van der Waals surface area contributed by atoms with Crippen molar-refractivity contribution in [3.05, 3.63) is 78.9 Å². The summed E-state index contributed by atoms with van der Waals surface area (Å²) in [7, 11) is 1.84. The third kappa shape index (κ3) is 4.39. The molecule has 0 saturated carbocycles. The predicted molar refractivity (Wildman–Crippen MR) is 123 cm³/mol. The average molecular weight is 432 g/mol. The Morgan fingerprint density at radius 2 is 1.88 bits per heavy atom. The maximum atomic E-state index is 14.7.